The Hall–Kier alpha value is -4.95. The van der Waals surface area contributed by atoms with E-state index in [4.69, 9.17) is 0 Å². The van der Waals surface area contributed by atoms with Crippen LogP contribution in [0.15, 0.2) is 4.99 Å². The summed E-state index contributed by atoms with van der Waals surface area (Å²) in [6.07, 6.45) is 0. The van der Waals surface area contributed by atoms with E-state index in [2.05, 4.69) is 15.0 Å². The number of aromatic carboxylic acids is 4. The van der Waals surface area contributed by atoms with Crippen molar-refractivity contribution in [2.45, 2.75) is 5.92 Å². The molecule has 0 aliphatic carbocycles. The molecule has 1 atom stereocenters. The highest BCUT2D eigenvalue weighted by atomic mass is 16.4. The van der Waals surface area contributed by atoms with Gasteiger partial charge < -0.3 is 30.6 Å². The van der Waals surface area contributed by atoms with Gasteiger partial charge in [0, 0.05) is 0 Å². The van der Waals surface area contributed by atoms with E-state index in [9.17, 15) is 59.4 Å². The van der Waals surface area contributed by atoms with Gasteiger partial charge >= 0.3 is 35.8 Å². The van der Waals surface area contributed by atoms with Crippen molar-refractivity contribution < 1.29 is 59.4 Å². The van der Waals surface area contributed by atoms with Crippen LogP contribution in [0.2, 0.25) is 0 Å². The molecular weight excluding hydrogens is 426 g/mol. The molecule has 0 saturated carbocycles. The lowest BCUT2D eigenvalue weighted by Crippen LogP contribution is -2.32. The highest BCUT2D eigenvalue weighted by molar-refractivity contribution is 6.44. The topological polar surface area (TPSA) is 262 Å². The van der Waals surface area contributed by atoms with Gasteiger partial charge in [-0.05, 0) is 0 Å². The van der Waals surface area contributed by atoms with E-state index in [0.29, 0.717) is 0 Å². The van der Waals surface area contributed by atoms with E-state index < -0.39 is 92.2 Å². The minimum absolute atomic E-state index is 0.706. The first-order valence-electron chi connectivity index (χ1n) is 7.77. The monoisotopic (exact) mass is 433 g/mol. The van der Waals surface area contributed by atoms with Crippen LogP contribution in [0, 0.1) is 0 Å². The van der Waals surface area contributed by atoms with Crippen LogP contribution < -0.4 is 0 Å². The third-order valence-electron chi connectivity index (χ3n) is 4.21. The van der Waals surface area contributed by atoms with Crippen LogP contribution >= 0.6 is 0 Å². The first kappa shape index (κ1) is 20.8. The Labute approximate surface area is 167 Å². The smallest absolute Gasteiger partial charge is 0.355 e. The van der Waals surface area contributed by atoms with Gasteiger partial charge in [0.25, 0.3) is 0 Å². The average Bonchev–Trinajstić information content (AvgIpc) is 2.65. The zero-order chi connectivity index (χ0) is 23.4. The number of rotatable bonds is 6. The molecule has 1 aliphatic rings. The predicted octanol–water partition coefficient (Wildman–Crippen LogP) is -0.238. The fraction of sp³-hybridized carbons (Fsp3) is 0.0625. The predicted molar refractivity (Wildman–Crippen MR) is 92.5 cm³/mol. The number of aromatic nitrogens is 2. The summed E-state index contributed by atoms with van der Waals surface area (Å²) < 4.78 is 0. The maximum Gasteiger partial charge on any atom is 0.355 e. The largest absolute Gasteiger partial charge is 0.480 e. The molecule has 15 nitrogen and oxygen atoms in total. The SMILES string of the molecule is O=C(O)C1=Nc2c(C(=O)O)c(C(=O)O)nc3c(C(=O)O)c(C(=O)O)nc(c23)C1C(=O)O. The summed E-state index contributed by atoms with van der Waals surface area (Å²) in [5, 5.41) is 55.7. The summed E-state index contributed by atoms with van der Waals surface area (Å²) in [4.78, 5) is 80.3. The molecule has 6 N–H and O–H groups in total. The molecule has 0 bridgehead atoms. The molecule has 0 amide bonds. The van der Waals surface area contributed by atoms with Crippen LogP contribution in [0.5, 0.6) is 0 Å². The Morgan fingerprint density at radius 3 is 1.58 bits per heavy atom. The molecule has 31 heavy (non-hydrogen) atoms. The van der Waals surface area contributed by atoms with Gasteiger partial charge in [-0.3, -0.25) is 4.79 Å². The second kappa shape index (κ2) is 6.83. The van der Waals surface area contributed by atoms with Gasteiger partial charge in [-0.15, -0.1) is 0 Å². The third kappa shape index (κ3) is 2.96. The Morgan fingerprint density at radius 1 is 0.645 bits per heavy atom. The number of carbonyl (C=O) groups is 6. The van der Waals surface area contributed by atoms with Gasteiger partial charge in [0.2, 0.25) is 0 Å². The van der Waals surface area contributed by atoms with Crippen molar-refractivity contribution in [2.24, 2.45) is 4.99 Å². The van der Waals surface area contributed by atoms with Crippen molar-refractivity contribution in [2.75, 3.05) is 0 Å². The molecule has 2 aromatic rings. The Morgan fingerprint density at radius 2 is 1.16 bits per heavy atom. The van der Waals surface area contributed by atoms with Crippen LogP contribution in [0.1, 0.15) is 53.3 Å². The van der Waals surface area contributed by atoms with Crippen molar-refractivity contribution in [1.29, 1.82) is 0 Å². The lowest BCUT2D eigenvalue weighted by atomic mass is 9.88. The number of aliphatic carboxylic acids is 2. The van der Waals surface area contributed by atoms with Gasteiger partial charge in [-0.2, -0.15) is 0 Å². The third-order valence-corrected chi connectivity index (χ3v) is 4.21. The lowest BCUT2D eigenvalue weighted by molar-refractivity contribution is -0.138. The maximum absolute atomic E-state index is 11.7. The molecule has 158 valence electrons. The molecule has 1 aliphatic heterocycles. The van der Waals surface area contributed by atoms with Crippen LogP contribution in [-0.2, 0) is 9.59 Å². The Kier molecular flexibility index (Phi) is 4.58. The van der Waals surface area contributed by atoms with Gasteiger partial charge in [0.1, 0.15) is 22.8 Å². The Balaban J connectivity index is 2.76. The minimum atomic E-state index is -2.23. The van der Waals surface area contributed by atoms with Crippen molar-refractivity contribution in [3.05, 3.63) is 28.2 Å². The number of pyridine rings is 2. The maximum atomic E-state index is 11.7. The van der Waals surface area contributed by atoms with Crippen LogP contribution in [0.3, 0.4) is 0 Å². The molecule has 1 unspecified atom stereocenters. The normalized spacial score (nSPS) is 14.6. The lowest BCUT2D eigenvalue weighted by Gasteiger charge is -2.23. The summed E-state index contributed by atoms with van der Waals surface area (Å²) >= 11 is 0. The molecule has 0 spiro atoms. The Bertz CT molecular complexity index is 1310. The van der Waals surface area contributed by atoms with E-state index in [1.807, 2.05) is 0 Å². The zero-order valence-electron chi connectivity index (χ0n) is 14.6. The zero-order valence-corrected chi connectivity index (χ0v) is 14.6. The van der Waals surface area contributed by atoms with E-state index >= 15 is 0 Å². The van der Waals surface area contributed by atoms with Gasteiger partial charge in [0.05, 0.1) is 22.3 Å². The fourth-order valence-electron chi connectivity index (χ4n) is 3.10. The first-order chi connectivity index (χ1) is 14.4. The number of hydrogen-bond donors (Lipinski definition) is 6. The second-order valence-corrected chi connectivity index (χ2v) is 5.92. The molecule has 3 heterocycles. The second-order valence-electron chi connectivity index (χ2n) is 5.92. The van der Waals surface area contributed by atoms with Crippen molar-refractivity contribution in [3.63, 3.8) is 0 Å². The van der Waals surface area contributed by atoms with Gasteiger partial charge in [0.15, 0.2) is 11.4 Å². The number of aliphatic imine (C=N–C) groups is 1. The molecular formula is C16H7N3O12. The van der Waals surface area contributed by atoms with Gasteiger partial charge in [-0.1, -0.05) is 0 Å². The molecule has 3 rings (SSSR count). The number of carboxylic acid groups (broad SMARTS) is 6. The number of hydrogen-bond acceptors (Lipinski definition) is 9. The van der Waals surface area contributed by atoms with E-state index in [1.54, 1.807) is 0 Å². The van der Waals surface area contributed by atoms with Crippen LogP contribution in [-0.4, -0.2) is 82.1 Å². The van der Waals surface area contributed by atoms with Crippen molar-refractivity contribution >= 4 is 58.1 Å². The summed E-state index contributed by atoms with van der Waals surface area (Å²) in [5.74, 6) is -13.9. The van der Waals surface area contributed by atoms with E-state index in [0.717, 1.165) is 0 Å². The molecule has 0 aromatic carbocycles. The summed E-state index contributed by atoms with van der Waals surface area (Å²) in [6, 6.07) is 0. The number of nitrogens with zero attached hydrogens (tertiary/aromatic N) is 3. The number of carboxylic acids is 6. The van der Waals surface area contributed by atoms with Crippen molar-refractivity contribution in [3.8, 4) is 0 Å². The van der Waals surface area contributed by atoms with Crippen LogP contribution in [0.4, 0.5) is 5.69 Å². The van der Waals surface area contributed by atoms with E-state index in [-0.39, 0.29) is 0 Å². The van der Waals surface area contributed by atoms with Gasteiger partial charge in [-0.25, -0.2) is 38.9 Å². The minimum Gasteiger partial charge on any atom is -0.480 e. The summed E-state index contributed by atoms with van der Waals surface area (Å²) in [6.45, 7) is 0. The van der Waals surface area contributed by atoms with Crippen LogP contribution in [0.25, 0.3) is 10.9 Å². The average molecular weight is 433 g/mol. The molecule has 0 saturated heterocycles. The quantitative estimate of drug-likeness (QED) is 0.343. The molecule has 0 fully saturated rings. The molecule has 0 radical (unpaired) electrons. The standard InChI is InChI=1S/C16H7N3O12/c20-11(21)2-5-1-6(18-8(2)14(26)27)3(12(22)23)10(16(30)31)19-7(1)4(13(24)25)9(17-5)15(28)29/h2H,(H,20,21)(H,22,23)(H,24,25)(H,26,27)(H,28,29)(H,30,31). The summed E-state index contributed by atoms with van der Waals surface area (Å²) in [5.41, 5.74) is -8.76. The molecule has 15 heteroatoms. The summed E-state index contributed by atoms with van der Waals surface area (Å²) in [7, 11) is 0. The first-order valence-corrected chi connectivity index (χ1v) is 7.77. The highest BCUT2D eigenvalue weighted by Gasteiger charge is 2.42. The van der Waals surface area contributed by atoms with Crippen molar-refractivity contribution in [1.82, 2.24) is 9.97 Å². The fourth-order valence-corrected chi connectivity index (χ4v) is 3.10. The van der Waals surface area contributed by atoms with E-state index in [1.165, 1.54) is 0 Å². The molecule has 2 aromatic heterocycles. The highest BCUT2D eigenvalue weighted by Crippen LogP contribution is 2.42.